The van der Waals surface area contributed by atoms with Crippen molar-refractivity contribution in [3.8, 4) is 0 Å². The van der Waals surface area contributed by atoms with Gasteiger partial charge in [-0.3, -0.25) is 0 Å². The van der Waals surface area contributed by atoms with Crippen molar-refractivity contribution in [3.63, 3.8) is 0 Å². The monoisotopic (exact) mass is 363 g/mol. The second-order valence-electron chi connectivity index (χ2n) is 6.45. The van der Waals surface area contributed by atoms with Crippen LogP contribution in [0.1, 0.15) is 54.7 Å². The van der Waals surface area contributed by atoms with Crippen LogP contribution in [0.3, 0.4) is 0 Å². The van der Waals surface area contributed by atoms with Crippen molar-refractivity contribution in [2.75, 3.05) is 6.54 Å². The molecular weight excluding hydrogens is 338 g/mol. The maximum atomic E-state index is 13.3. The Morgan fingerprint density at radius 2 is 1.88 bits per heavy atom. The Labute approximate surface area is 149 Å². The van der Waals surface area contributed by atoms with E-state index in [1.54, 1.807) is 27.8 Å². The summed E-state index contributed by atoms with van der Waals surface area (Å²) in [7, 11) is -3.46. The average Bonchev–Trinajstić information content (AvgIpc) is 2.86. The summed E-state index contributed by atoms with van der Waals surface area (Å²) in [5, 5.41) is 2.07. The molecule has 2 heterocycles. The summed E-state index contributed by atoms with van der Waals surface area (Å²) >= 11 is 1.68. The van der Waals surface area contributed by atoms with Gasteiger partial charge in [0.1, 0.15) is 0 Å². The Morgan fingerprint density at radius 3 is 2.50 bits per heavy atom. The van der Waals surface area contributed by atoms with E-state index in [1.165, 1.54) is 10.4 Å². The lowest BCUT2D eigenvalue weighted by molar-refractivity contribution is 0.332. The lowest BCUT2D eigenvalue weighted by Gasteiger charge is -2.29. The van der Waals surface area contributed by atoms with Gasteiger partial charge in [0.2, 0.25) is 10.0 Å². The third-order valence-corrected chi connectivity index (χ3v) is 7.89. The fourth-order valence-corrected chi connectivity index (χ4v) is 6.20. The van der Waals surface area contributed by atoms with Crippen molar-refractivity contribution in [1.29, 1.82) is 0 Å². The molecule has 130 valence electrons. The molecule has 0 amide bonds. The average molecular weight is 364 g/mol. The SMILES string of the molecule is CCc1ccc(S(=O)(=O)N2CCCCC[C@H]2c2sccc2C)cc1. The predicted molar refractivity (Wildman–Crippen MR) is 100.0 cm³/mol. The van der Waals surface area contributed by atoms with Gasteiger partial charge in [-0.25, -0.2) is 8.42 Å². The zero-order valence-electron chi connectivity index (χ0n) is 14.4. The molecule has 1 aromatic heterocycles. The summed E-state index contributed by atoms with van der Waals surface area (Å²) in [4.78, 5) is 1.62. The smallest absolute Gasteiger partial charge is 0.207 e. The van der Waals surface area contributed by atoms with Crippen molar-refractivity contribution in [3.05, 3.63) is 51.7 Å². The lowest BCUT2D eigenvalue weighted by Crippen LogP contribution is -2.34. The Balaban J connectivity index is 1.99. The fraction of sp³-hybridized carbons (Fsp3) is 0.474. The maximum absolute atomic E-state index is 13.3. The molecule has 0 unspecified atom stereocenters. The number of benzene rings is 1. The van der Waals surface area contributed by atoms with E-state index in [0.717, 1.165) is 37.7 Å². The first kappa shape index (κ1) is 17.6. The molecule has 1 aliphatic heterocycles. The summed E-state index contributed by atoms with van der Waals surface area (Å²) in [6, 6.07) is 9.44. The van der Waals surface area contributed by atoms with Crippen LogP contribution < -0.4 is 0 Å². The Bertz CT molecular complexity index is 778. The first-order valence-corrected chi connectivity index (χ1v) is 11.0. The van der Waals surface area contributed by atoms with E-state index in [-0.39, 0.29) is 6.04 Å². The minimum absolute atomic E-state index is 0.0247. The summed E-state index contributed by atoms with van der Waals surface area (Å²) < 4.78 is 28.3. The van der Waals surface area contributed by atoms with Crippen molar-refractivity contribution < 1.29 is 8.42 Å². The first-order chi connectivity index (χ1) is 11.5. The number of rotatable bonds is 4. The van der Waals surface area contributed by atoms with Crippen LogP contribution in [0.4, 0.5) is 0 Å². The predicted octanol–water partition coefficient (Wildman–Crippen LogP) is 4.92. The van der Waals surface area contributed by atoms with Crippen LogP contribution in [-0.2, 0) is 16.4 Å². The van der Waals surface area contributed by atoms with E-state index in [4.69, 9.17) is 0 Å². The number of aryl methyl sites for hydroxylation is 2. The summed E-state index contributed by atoms with van der Waals surface area (Å²) in [5.41, 5.74) is 2.36. The molecule has 0 spiro atoms. The van der Waals surface area contributed by atoms with Crippen LogP contribution >= 0.6 is 11.3 Å². The topological polar surface area (TPSA) is 37.4 Å². The Hall–Kier alpha value is -1.17. The largest absolute Gasteiger partial charge is 0.243 e. The standard InChI is InChI=1S/C19H25NO2S2/c1-3-16-8-10-17(11-9-16)24(21,22)20-13-6-4-5-7-18(20)19-15(2)12-14-23-19/h8-12,14,18H,3-7,13H2,1-2H3/t18-/m0/s1. The number of nitrogens with zero attached hydrogens (tertiary/aromatic N) is 1. The zero-order valence-corrected chi connectivity index (χ0v) is 16.0. The number of hydrogen-bond donors (Lipinski definition) is 0. The van der Waals surface area contributed by atoms with Gasteiger partial charge in [0, 0.05) is 11.4 Å². The fourth-order valence-electron chi connectivity index (χ4n) is 3.39. The second kappa shape index (κ2) is 7.38. The third-order valence-electron chi connectivity index (χ3n) is 4.85. The highest BCUT2D eigenvalue weighted by atomic mass is 32.2. The molecule has 5 heteroatoms. The molecule has 3 nitrogen and oxygen atoms in total. The van der Waals surface area contributed by atoms with Gasteiger partial charge < -0.3 is 0 Å². The number of sulfonamides is 1. The van der Waals surface area contributed by atoms with Gasteiger partial charge in [0.15, 0.2) is 0 Å². The molecule has 1 atom stereocenters. The first-order valence-electron chi connectivity index (χ1n) is 8.69. The van der Waals surface area contributed by atoms with Crippen LogP contribution in [0.25, 0.3) is 0 Å². The highest BCUT2D eigenvalue weighted by molar-refractivity contribution is 7.89. The van der Waals surface area contributed by atoms with Gasteiger partial charge in [-0.2, -0.15) is 4.31 Å². The zero-order chi connectivity index (χ0) is 17.2. The van der Waals surface area contributed by atoms with Crippen LogP contribution in [0, 0.1) is 6.92 Å². The molecule has 24 heavy (non-hydrogen) atoms. The Morgan fingerprint density at radius 1 is 1.12 bits per heavy atom. The number of thiophene rings is 1. The van der Waals surface area contributed by atoms with Gasteiger partial charge in [-0.15, -0.1) is 11.3 Å². The third kappa shape index (κ3) is 3.44. The minimum atomic E-state index is -3.46. The lowest BCUT2D eigenvalue weighted by atomic mass is 10.1. The van der Waals surface area contributed by atoms with Crippen molar-refractivity contribution >= 4 is 21.4 Å². The molecule has 0 N–H and O–H groups in total. The van der Waals surface area contributed by atoms with Gasteiger partial charge in [-0.1, -0.05) is 31.9 Å². The van der Waals surface area contributed by atoms with Gasteiger partial charge in [0.25, 0.3) is 0 Å². The van der Waals surface area contributed by atoms with E-state index < -0.39 is 10.0 Å². The summed E-state index contributed by atoms with van der Waals surface area (Å²) in [6.07, 6.45) is 4.95. The van der Waals surface area contributed by atoms with Crippen LogP contribution in [0.15, 0.2) is 40.6 Å². The van der Waals surface area contributed by atoms with Crippen molar-refractivity contribution in [2.24, 2.45) is 0 Å². The summed E-state index contributed by atoms with van der Waals surface area (Å²) in [5.74, 6) is 0. The van der Waals surface area contributed by atoms with Gasteiger partial charge in [-0.05, 0) is 60.9 Å². The summed E-state index contributed by atoms with van der Waals surface area (Å²) in [6.45, 7) is 4.77. The highest BCUT2D eigenvalue weighted by Gasteiger charge is 2.34. The van der Waals surface area contributed by atoms with Crippen LogP contribution in [-0.4, -0.2) is 19.3 Å². The Kier molecular flexibility index (Phi) is 5.42. The van der Waals surface area contributed by atoms with Gasteiger partial charge in [0.05, 0.1) is 10.9 Å². The van der Waals surface area contributed by atoms with E-state index in [2.05, 4.69) is 25.3 Å². The van der Waals surface area contributed by atoms with Crippen LogP contribution in [0.2, 0.25) is 0 Å². The minimum Gasteiger partial charge on any atom is -0.207 e. The molecule has 0 radical (unpaired) electrons. The molecule has 0 bridgehead atoms. The molecule has 0 aliphatic carbocycles. The van der Waals surface area contributed by atoms with E-state index >= 15 is 0 Å². The van der Waals surface area contributed by atoms with E-state index in [0.29, 0.717) is 11.4 Å². The van der Waals surface area contributed by atoms with Gasteiger partial charge >= 0.3 is 0 Å². The maximum Gasteiger partial charge on any atom is 0.243 e. The van der Waals surface area contributed by atoms with E-state index in [9.17, 15) is 8.42 Å². The molecular formula is C19H25NO2S2. The van der Waals surface area contributed by atoms with Crippen molar-refractivity contribution in [2.45, 2.75) is 56.9 Å². The molecule has 3 rings (SSSR count). The molecule has 2 aromatic rings. The molecule has 1 aromatic carbocycles. The normalized spacial score (nSPS) is 20.0. The molecule has 1 saturated heterocycles. The molecule has 0 saturated carbocycles. The van der Waals surface area contributed by atoms with Crippen LogP contribution in [0.5, 0.6) is 0 Å². The quantitative estimate of drug-likeness (QED) is 0.773. The van der Waals surface area contributed by atoms with E-state index in [1.807, 2.05) is 12.1 Å². The highest BCUT2D eigenvalue weighted by Crippen LogP contribution is 2.38. The molecule has 1 fully saturated rings. The molecule has 1 aliphatic rings. The van der Waals surface area contributed by atoms with Crippen molar-refractivity contribution in [1.82, 2.24) is 4.31 Å². The number of hydrogen-bond acceptors (Lipinski definition) is 3. The second-order valence-corrected chi connectivity index (χ2v) is 9.28.